The number of ether oxygens (including phenoxy) is 1. The number of carbonyl (C=O) groups excluding carboxylic acids is 1. The average Bonchev–Trinajstić information content (AvgIpc) is 2.33. The van der Waals surface area contributed by atoms with Crippen molar-refractivity contribution in [3.63, 3.8) is 0 Å². The molecule has 0 bridgehead atoms. The number of carbonyl (C=O) groups is 1. The Morgan fingerprint density at radius 3 is 2.94 bits per heavy atom. The first-order chi connectivity index (χ1) is 8.15. The average molecular weight is 242 g/mol. The second-order valence-corrected chi connectivity index (χ2v) is 4.96. The van der Waals surface area contributed by atoms with Gasteiger partial charge in [0.2, 0.25) is 5.91 Å². The molecule has 0 heterocycles. The molecule has 1 fully saturated rings. The molecule has 0 aliphatic heterocycles. The minimum absolute atomic E-state index is 0.0722. The van der Waals surface area contributed by atoms with Gasteiger partial charge in [-0.15, -0.1) is 0 Å². The molecule has 1 aliphatic rings. The van der Waals surface area contributed by atoms with Crippen LogP contribution >= 0.6 is 0 Å². The molecule has 0 aromatic heterocycles. The van der Waals surface area contributed by atoms with Crippen molar-refractivity contribution in [2.45, 2.75) is 45.6 Å². The van der Waals surface area contributed by atoms with E-state index < -0.39 is 0 Å². The zero-order chi connectivity index (χ0) is 12.7. The molecule has 4 heteroatoms. The normalized spacial score (nSPS) is 26.5. The first-order valence-electron chi connectivity index (χ1n) is 6.76. The molecular weight excluding hydrogens is 216 g/mol. The molecule has 3 atom stereocenters. The van der Waals surface area contributed by atoms with Gasteiger partial charge in [-0.3, -0.25) is 4.79 Å². The van der Waals surface area contributed by atoms with Crippen molar-refractivity contribution in [1.29, 1.82) is 0 Å². The summed E-state index contributed by atoms with van der Waals surface area (Å²) >= 11 is 0. The fourth-order valence-corrected chi connectivity index (χ4v) is 2.49. The Balaban J connectivity index is 2.25. The van der Waals surface area contributed by atoms with Crippen molar-refractivity contribution in [2.24, 2.45) is 17.6 Å². The molecule has 0 saturated heterocycles. The maximum Gasteiger partial charge on any atom is 0.223 e. The molecule has 17 heavy (non-hydrogen) atoms. The predicted octanol–water partition coefficient (Wildman–Crippen LogP) is 1.29. The lowest BCUT2D eigenvalue weighted by Crippen LogP contribution is -2.39. The van der Waals surface area contributed by atoms with E-state index >= 15 is 0 Å². The monoisotopic (exact) mass is 242 g/mol. The topological polar surface area (TPSA) is 64.3 Å². The summed E-state index contributed by atoms with van der Waals surface area (Å²) in [6.45, 7) is 5.87. The van der Waals surface area contributed by atoms with Crippen molar-refractivity contribution in [3.05, 3.63) is 0 Å². The van der Waals surface area contributed by atoms with Gasteiger partial charge in [-0.2, -0.15) is 0 Å². The second kappa shape index (κ2) is 7.67. The quantitative estimate of drug-likeness (QED) is 0.690. The van der Waals surface area contributed by atoms with Gasteiger partial charge in [-0.05, 0) is 32.1 Å². The molecule has 0 spiro atoms. The van der Waals surface area contributed by atoms with E-state index in [1.165, 1.54) is 0 Å². The molecule has 1 saturated carbocycles. The zero-order valence-corrected chi connectivity index (χ0v) is 11.1. The highest BCUT2D eigenvalue weighted by Crippen LogP contribution is 2.29. The number of nitrogens with one attached hydrogen (secondary N) is 1. The molecule has 0 aromatic carbocycles. The fraction of sp³-hybridized carbons (Fsp3) is 0.923. The smallest absolute Gasteiger partial charge is 0.223 e. The summed E-state index contributed by atoms with van der Waals surface area (Å²) in [4.78, 5) is 11.9. The third kappa shape index (κ3) is 5.04. The summed E-state index contributed by atoms with van der Waals surface area (Å²) in [5.41, 5.74) is 5.95. The molecule has 3 N–H and O–H groups in total. The Bertz CT molecular complexity index is 233. The van der Waals surface area contributed by atoms with E-state index in [1.807, 2.05) is 13.8 Å². The molecule has 1 rings (SSSR count). The Morgan fingerprint density at radius 1 is 1.53 bits per heavy atom. The van der Waals surface area contributed by atoms with E-state index in [0.29, 0.717) is 25.7 Å². The summed E-state index contributed by atoms with van der Waals surface area (Å²) in [6, 6.07) is 0.285. The zero-order valence-electron chi connectivity index (χ0n) is 11.1. The highest BCUT2D eigenvalue weighted by atomic mass is 16.5. The SMILES string of the molecule is CCOCCNC(=O)C(C)C1CCCC(N)C1. The standard InChI is InChI=1S/C13H26N2O2/c1-3-17-8-7-15-13(16)10(2)11-5-4-6-12(14)9-11/h10-12H,3-9,14H2,1-2H3,(H,15,16). The van der Waals surface area contributed by atoms with Crippen LogP contribution in [0.2, 0.25) is 0 Å². The Labute approximate surface area is 104 Å². The van der Waals surface area contributed by atoms with Crippen LogP contribution in [-0.2, 0) is 9.53 Å². The van der Waals surface area contributed by atoms with Gasteiger partial charge in [0.05, 0.1) is 6.61 Å². The lowest BCUT2D eigenvalue weighted by atomic mass is 9.78. The molecule has 1 amide bonds. The molecule has 0 aromatic rings. The number of hydrogen-bond donors (Lipinski definition) is 2. The molecule has 3 unspecified atom stereocenters. The highest BCUT2D eigenvalue weighted by Gasteiger charge is 2.28. The summed E-state index contributed by atoms with van der Waals surface area (Å²) in [6.07, 6.45) is 4.38. The van der Waals surface area contributed by atoms with Crippen molar-refractivity contribution in [2.75, 3.05) is 19.8 Å². The van der Waals surface area contributed by atoms with Crippen LogP contribution in [0.3, 0.4) is 0 Å². The van der Waals surface area contributed by atoms with Crippen molar-refractivity contribution in [1.82, 2.24) is 5.32 Å². The highest BCUT2D eigenvalue weighted by molar-refractivity contribution is 5.78. The predicted molar refractivity (Wildman–Crippen MR) is 68.6 cm³/mol. The van der Waals surface area contributed by atoms with E-state index in [-0.39, 0.29) is 17.9 Å². The van der Waals surface area contributed by atoms with Gasteiger partial charge in [-0.1, -0.05) is 13.3 Å². The first-order valence-corrected chi connectivity index (χ1v) is 6.76. The Kier molecular flexibility index (Phi) is 6.52. The van der Waals surface area contributed by atoms with Gasteiger partial charge >= 0.3 is 0 Å². The minimum atomic E-state index is 0.0722. The summed E-state index contributed by atoms with van der Waals surface area (Å²) in [5, 5.41) is 2.92. The molecule has 0 radical (unpaired) electrons. The molecular formula is C13H26N2O2. The van der Waals surface area contributed by atoms with Crippen molar-refractivity contribution < 1.29 is 9.53 Å². The van der Waals surface area contributed by atoms with Gasteiger partial charge in [0.15, 0.2) is 0 Å². The van der Waals surface area contributed by atoms with Crippen LogP contribution in [-0.4, -0.2) is 31.7 Å². The maximum absolute atomic E-state index is 11.9. The van der Waals surface area contributed by atoms with Crippen LogP contribution in [0.25, 0.3) is 0 Å². The minimum Gasteiger partial charge on any atom is -0.380 e. The Morgan fingerprint density at radius 2 is 2.29 bits per heavy atom. The summed E-state index contributed by atoms with van der Waals surface area (Å²) in [7, 11) is 0. The van der Waals surface area contributed by atoms with Gasteiger partial charge in [-0.25, -0.2) is 0 Å². The third-order valence-electron chi connectivity index (χ3n) is 3.63. The van der Waals surface area contributed by atoms with Gasteiger partial charge in [0.1, 0.15) is 0 Å². The molecule has 4 nitrogen and oxygen atoms in total. The van der Waals surface area contributed by atoms with Crippen LogP contribution in [0.5, 0.6) is 0 Å². The number of rotatable bonds is 6. The van der Waals surface area contributed by atoms with E-state index in [9.17, 15) is 4.79 Å². The lowest BCUT2D eigenvalue weighted by Gasteiger charge is -2.30. The van der Waals surface area contributed by atoms with E-state index in [1.54, 1.807) is 0 Å². The van der Waals surface area contributed by atoms with Crippen molar-refractivity contribution >= 4 is 5.91 Å². The van der Waals surface area contributed by atoms with E-state index in [4.69, 9.17) is 10.5 Å². The van der Waals surface area contributed by atoms with Gasteiger partial charge < -0.3 is 15.8 Å². The molecule has 1 aliphatic carbocycles. The largest absolute Gasteiger partial charge is 0.380 e. The van der Waals surface area contributed by atoms with Crippen molar-refractivity contribution in [3.8, 4) is 0 Å². The van der Waals surface area contributed by atoms with Crippen LogP contribution in [0.4, 0.5) is 0 Å². The number of hydrogen-bond acceptors (Lipinski definition) is 3. The summed E-state index contributed by atoms with van der Waals surface area (Å²) < 4.78 is 5.19. The number of nitrogens with two attached hydrogens (primary N) is 1. The number of amides is 1. The third-order valence-corrected chi connectivity index (χ3v) is 3.63. The second-order valence-electron chi connectivity index (χ2n) is 4.96. The fourth-order valence-electron chi connectivity index (χ4n) is 2.49. The first kappa shape index (κ1) is 14.5. The van der Waals surface area contributed by atoms with Crippen LogP contribution in [0.15, 0.2) is 0 Å². The van der Waals surface area contributed by atoms with E-state index in [0.717, 1.165) is 25.7 Å². The van der Waals surface area contributed by atoms with Crippen LogP contribution in [0.1, 0.15) is 39.5 Å². The summed E-state index contributed by atoms with van der Waals surface area (Å²) in [5.74, 6) is 0.664. The van der Waals surface area contributed by atoms with Gasteiger partial charge in [0, 0.05) is 25.1 Å². The van der Waals surface area contributed by atoms with Gasteiger partial charge in [0.25, 0.3) is 0 Å². The Hall–Kier alpha value is -0.610. The van der Waals surface area contributed by atoms with Crippen LogP contribution < -0.4 is 11.1 Å². The van der Waals surface area contributed by atoms with Crippen LogP contribution in [0, 0.1) is 11.8 Å². The molecule has 100 valence electrons. The van der Waals surface area contributed by atoms with E-state index in [2.05, 4.69) is 5.32 Å². The maximum atomic E-state index is 11.9. The lowest BCUT2D eigenvalue weighted by molar-refractivity contribution is -0.126.